The van der Waals surface area contributed by atoms with Crippen LogP contribution in [0.2, 0.25) is 0 Å². The molecule has 1 heteroatoms. The average Bonchev–Trinajstić information content (AvgIpc) is 2.58. The molecule has 21 heavy (non-hydrogen) atoms. The van der Waals surface area contributed by atoms with Crippen LogP contribution < -0.4 is 10.4 Å². The van der Waals surface area contributed by atoms with E-state index in [2.05, 4.69) is 97.9 Å². The highest BCUT2D eigenvalue weighted by atomic mass is 28.3. The van der Waals surface area contributed by atoms with E-state index in [-0.39, 0.29) is 0 Å². The lowest BCUT2D eigenvalue weighted by Gasteiger charge is -2.23. The summed E-state index contributed by atoms with van der Waals surface area (Å²) in [5.41, 5.74) is 1.97. The van der Waals surface area contributed by atoms with Crippen LogP contribution >= 0.6 is 0 Å². The van der Waals surface area contributed by atoms with Gasteiger partial charge in [0.2, 0.25) is 0 Å². The molecule has 0 aliphatic heterocycles. The first-order valence-electron chi connectivity index (χ1n) is 7.39. The van der Waals surface area contributed by atoms with E-state index in [1.807, 2.05) is 0 Å². The molecule has 0 saturated carbocycles. The normalized spacial score (nSPS) is 12.3. The molecular weight excluding hydrogens is 268 g/mol. The van der Waals surface area contributed by atoms with E-state index in [9.17, 15) is 0 Å². The van der Waals surface area contributed by atoms with E-state index in [4.69, 9.17) is 0 Å². The zero-order chi connectivity index (χ0) is 14.5. The average molecular weight is 287 g/mol. The number of benzene rings is 3. The van der Waals surface area contributed by atoms with Crippen LogP contribution in [0.3, 0.4) is 0 Å². The molecule has 1 unspecified atom stereocenters. The van der Waals surface area contributed by atoms with Crippen LogP contribution in [0.25, 0.3) is 0 Å². The number of hydrogen-bond acceptors (Lipinski definition) is 0. The van der Waals surface area contributed by atoms with Crippen molar-refractivity contribution >= 4 is 19.2 Å². The Morgan fingerprint density at radius 1 is 0.571 bits per heavy atom. The Bertz CT molecular complexity index is 622. The molecule has 3 rings (SSSR count). The summed E-state index contributed by atoms with van der Waals surface area (Å²) in [5, 5.41) is 2.95. The molecule has 0 amide bonds. The first-order chi connectivity index (χ1) is 10.4. The predicted octanol–water partition coefficient (Wildman–Crippen LogP) is 3.64. The monoisotopic (exact) mass is 287 g/mol. The Morgan fingerprint density at radius 2 is 0.952 bits per heavy atom. The van der Waals surface area contributed by atoms with Crippen molar-refractivity contribution in [3.05, 3.63) is 96.6 Å². The molecule has 0 aliphatic carbocycles. The Balaban J connectivity index is 2.05. The Hall–Kier alpha value is -2.12. The second-order valence-corrected chi connectivity index (χ2v) is 8.13. The van der Waals surface area contributed by atoms with Gasteiger partial charge >= 0.3 is 0 Å². The molecule has 1 radical (unpaired) electrons. The molecule has 0 N–H and O–H groups in total. The fraction of sp³-hybridized carbons (Fsp3) is 0.100. The lowest BCUT2D eigenvalue weighted by Crippen LogP contribution is -2.46. The van der Waals surface area contributed by atoms with Crippen LogP contribution in [0.1, 0.15) is 18.0 Å². The second kappa shape index (κ2) is 6.55. The zero-order valence-electron chi connectivity index (χ0n) is 12.2. The molecule has 3 aromatic rings. The maximum atomic E-state index is 2.36. The summed E-state index contributed by atoms with van der Waals surface area (Å²) in [6, 6.07) is 32.8. The van der Waals surface area contributed by atoms with E-state index in [0.717, 1.165) is 0 Å². The molecule has 3 aromatic carbocycles. The van der Waals surface area contributed by atoms with E-state index < -0.39 is 8.80 Å². The molecule has 0 bridgehead atoms. The first-order valence-corrected chi connectivity index (χ1v) is 8.96. The standard InChI is InChI=1S/C20H19Si/c1-17(18-11-5-2-6-12-18)21(19-13-7-3-8-14-19)20-15-9-4-10-16-20/h2-17H,1H3. The summed E-state index contributed by atoms with van der Waals surface area (Å²) in [5.74, 6) is 0. The molecule has 0 nitrogen and oxygen atoms in total. The minimum atomic E-state index is -0.830. The van der Waals surface area contributed by atoms with Crippen LogP contribution in [0.15, 0.2) is 91.0 Å². The topological polar surface area (TPSA) is 0 Å². The van der Waals surface area contributed by atoms with Crippen molar-refractivity contribution in [2.24, 2.45) is 0 Å². The SMILES string of the molecule is CC(c1ccccc1)[Si](c1ccccc1)c1ccccc1. The summed E-state index contributed by atoms with van der Waals surface area (Å²) < 4.78 is 0. The van der Waals surface area contributed by atoms with Gasteiger partial charge in [-0.2, -0.15) is 0 Å². The summed E-state index contributed by atoms with van der Waals surface area (Å²) >= 11 is 0. The molecule has 0 fully saturated rings. The van der Waals surface area contributed by atoms with Crippen molar-refractivity contribution in [3.63, 3.8) is 0 Å². The van der Waals surface area contributed by atoms with E-state index in [1.165, 1.54) is 15.9 Å². The fourth-order valence-electron chi connectivity index (χ4n) is 2.81. The molecule has 1 atom stereocenters. The van der Waals surface area contributed by atoms with Gasteiger partial charge < -0.3 is 0 Å². The lowest BCUT2D eigenvalue weighted by molar-refractivity contribution is 1.06. The van der Waals surface area contributed by atoms with Crippen LogP contribution in [-0.2, 0) is 0 Å². The van der Waals surface area contributed by atoms with Gasteiger partial charge in [-0.1, -0.05) is 108 Å². The largest absolute Gasteiger partial charge is 0.128 e. The molecule has 103 valence electrons. The third kappa shape index (κ3) is 3.14. The lowest BCUT2D eigenvalue weighted by atomic mass is 10.2. The molecule has 0 aliphatic rings. The molecular formula is C20H19Si. The highest BCUT2D eigenvalue weighted by Crippen LogP contribution is 2.18. The molecule has 0 spiro atoms. The van der Waals surface area contributed by atoms with Gasteiger partial charge in [-0.25, -0.2) is 0 Å². The van der Waals surface area contributed by atoms with Gasteiger partial charge in [0.15, 0.2) is 0 Å². The summed E-state index contributed by atoms with van der Waals surface area (Å²) in [6.45, 7) is 2.36. The van der Waals surface area contributed by atoms with Gasteiger partial charge in [0.1, 0.15) is 8.80 Å². The van der Waals surface area contributed by atoms with Crippen LogP contribution in [0.4, 0.5) is 0 Å². The number of rotatable bonds is 4. The van der Waals surface area contributed by atoms with Crippen molar-refractivity contribution in [2.45, 2.75) is 12.5 Å². The van der Waals surface area contributed by atoms with E-state index >= 15 is 0 Å². The third-order valence-corrected chi connectivity index (χ3v) is 7.01. The summed E-state index contributed by atoms with van der Waals surface area (Å²) in [6.07, 6.45) is 0. The van der Waals surface area contributed by atoms with Crippen LogP contribution in [0, 0.1) is 0 Å². The third-order valence-electron chi connectivity index (χ3n) is 3.90. The van der Waals surface area contributed by atoms with Crippen molar-refractivity contribution in [2.75, 3.05) is 0 Å². The summed E-state index contributed by atoms with van der Waals surface area (Å²) in [4.78, 5) is 0. The Morgan fingerprint density at radius 3 is 1.38 bits per heavy atom. The summed E-state index contributed by atoms with van der Waals surface area (Å²) in [7, 11) is -0.830. The number of hydrogen-bond donors (Lipinski definition) is 0. The van der Waals surface area contributed by atoms with Gasteiger partial charge in [-0.15, -0.1) is 0 Å². The van der Waals surface area contributed by atoms with E-state index in [1.54, 1.807) is 0 Å². The maximum absolute atomic E-state index is 2.36. The first kappa shape index (κ1) is 13.8. The smallest absolute Gasteiger partial charge is 0.0628 e. The van der Waals surface area contributed by atoms with Gasteiger partial charge in [-0.3, -0.25) is 0 Å². The highest BCUT2D eigenvalue weighted by Gasteiger charge is 2.24. The maximum Gasteiger partial charge on any atom is 0.128 e. The minimum Gasteiger partial charge on any atom is -0.0628 e. The minimum absolute atomic E-state index is 0.543. The van der Waals surface area contributed by atoms with Gasteiger partial charge in [0.25, 0.3) is 0 Å². The van der Waals surface area contributed by atoms with Crippen molar-refractivity contribution in [1.82, 2.24) is 0 Å². The van der Waals surface area contributed by atoms with Gasteiger partial charge in [0.05, 0.1) is 0 Å². The van der Waals surface area contributed by atoms with Crippen LogP contribution in [0.5, 0.6) is 0 Å². The Kier molecular flexibility index (Phi) is 4.32. The Labute approximate surface area is 128 Å². The van der Waals surface area contributed by atoms with E-state index in [0.29, 0.717) is 5.54 Å². The second-order valence-electron chi connectivity index (χ2n) is 5.28. The van der Waals surface area contributed by atoms with Crippen molar-refractivity contribution in [1.29, 1.82) is 0 Å². The predicted molar refractivity (Wildman–Crippen MR) is 92.8 cm³/mol. The zero-order valence-corrected chi connectivity index (χ0v) is 13.2. The quantitative estimate of drug-likeness (QED) is 0.643. The molecule has 0 aromatic heterocycles. The van der Waals surface area contributed by atoms with Crippen molar-refractivity contribution in [3.8, 4) is 0 Å². The van der Waals surface area contributed by atoms with Gasteiger partial charge in [-0.05, 0) is 11.1 Å². The fourth-order valence-corrected chi connectivity index (χ4v) is 5.77. The molecule has 0 heterocycles. The van der Waals surface area contributed by atoms with Crippen molar-refractivity contribution < 1.29 is 0 Å². The molecule has 0 saturated heterocycles. The van der Waals surface area contributed by atoms with Crippen LogP contribution in [-0.4, -0.2) is 8.80 Å². The van der Waals surface area contributed by atoms with Gasteiger partial charge in [0, 0.05) is 0 Å². The highest BCUT2D eigenvalue weighted by molar-refractivity contribution is 6.86.